The van der Waals surface area contributed by atoms with Gasteiger partial charge in [-0.1, -0.05) is 25.1 Å². The molecule has 0 spiro atoms. The maximum atomic E-state index is 15.9. The van der Waals surface area contributed by atoms with Crippen molar-refractivity contribution in [3.63, 3.8) is 0 Å². The zero-order valence-electron chi connectivity index (χ0n) is 34.9. The first kappa shape index (κ1) is 43.5. The molecule has 0 saturated heterocycles. The first-order valence-electron chi connectivity index (χ1n) is 21.0. The topological polar surface area (TPSA) is 145 Å². The van der Waals surface area contributed by atoms with E-state index >= 15 is 8.78 Å². The standard InChI is InChI=1S/C47H40F7N7O4/c1-23(43-57-21-27(22-58-43)44(62)59-41-30(29-5-3-4-6-34(29)49)11-14-55-40(41)25-16-32-33(17-25)47(32,53)54)15-26-20-56-39(24-9-12-46(51,52)13-10-24)42(38(26)31-18-28(48)7-8-35(31)50)60-45(63)36-19-37(64-2)61-65-36/h3-8,11,14,18-25,32-33H,9-10,12-13,15-17H2,1-2H3,(H,59,62)(H,60,63)/t23?,25?,32-,33+. The molecule has 2 amide bonds. The van der Waals surface area contributed by atoms with Crippen LogP contribution >= 0.6 is 0 Å². The number of nitrogens with one attached hydrogen (secondary N) is 2. The van der Waals surface area contributed by atoms with Crippen LogP contribution in [0.4, 0.5) is 42.1 Å². The number of pyridine rings is 2. The largest absolute Gasteiger partial charge is 0.479 e. The second-order valence-electron chi connectivity index (χ2n) is 16.9. The molecule has 4 atom stereocenters. The summed E-state index contributed by atoms with van der Waals surface area (Å²) in [6, 6.07) is 11.6. The Kier molecular flexibility index (Phi) is 11.4. The molecule has 2 N–H and O–H groups in total. The SMILES string of the molecule is COc1cc(C(=O)Nc2c(C3CCC(F)(F)CC3)ncc(CC(C)c3ncc(C(=O)Nc4c(-c5ccccc5F)ccnc4C4C[C@@H]5[C@H](C4)C5(F)F)cn3)c2-c2cc(F)ccc2F)on1. The number of hydrogen-bond donors (Lipinski definition) is 2. The average molecular weight is 900 g/mol. The van der Waals surface area contributed by atoms with E-state index in [0.717, 1.165) is 18.2 Å². The van der Waals surface area contributed by atoms with Crippen LogP contribution in [0.25, 0.3) is 22.3 Å². The van der Waals surface area contributed by atoms with Crippen molar-refractivity contribution < 1.29 is 49.6 Å². The molecule has 336 valence electrons. The van der Waals surface area contributed by atoms with Gasteiger partial charge >= 0.3 is 0 Å². The number of nitrogens with zero attached hydrogens (tertiary/aromatic N) is 5. The van der Waals surface area contributed by atoms with Crippen LogP contribution in [0.2, 0.25) is 0 Å². The van der Waals surface area contributed by atoms with Gasteiger partial charge in [-0.05, 0) is 73.2 Å². The average Bonchev–Trinajstić information content (AvgIpc) is 3.73. The smallest absolute Gasteiger partial charge is 0.294 e. The number of benzene rings is 2. The minimum absolute atomic E-state index is 0.000565. The highest BCUT2D eigenvalue weighted by molar-refractivity contribution is 6.07. The predicted octanol–water partition coefficient (Wildman–Crippen LogP) is 10.9. The van der Waals surface area contributed by atoms with Gasteiger partial charge in [-0.3, -0.25) is 19.6 Å². The number of carbonyl (C=O) groups excluding carboxylic acids is 2. The molecular weight excluding hydrogens is 860 g/mol. The Hall–Kier alpha value is -6.72. The molecule has 3 aliphatic carbocycles. The molecule has 0 radical (unpaired) electrons. The van der Waals surface area contributed by atoms with E-state index in [9.17, 15) is 31.5 Å². The summed E-state index contributed by atoms with van der Waals surface area (Å²) < 4.78 is 113. The Bertz CT molecular complexity index is 2780. The van der Waals surface area contributed by atoms with Crippen LogP contribution in [0.3, 0.4) is 0 Å². The minimum atomic E-state index is -2.90. The zero-order chi connectivity index (χ0) is 45.8. The van der Waals surface area contributed by atoms with Crippen LogP contribution in [0.5, 0.6) is 5.88 Å². The van der Waals surface area contributed by atoms with Gasteiger partial charge in [0.15, 0.2) is 0 Å². The van der Waals surface area contributed by atoms with Crippen LogP contribution in [0, 0.1) is 29.3 Å². The van der Waals surface area contributed by atoms with E-state index in [2.05, 4.69) is 35.7 Å². The number of carbonyl (C=O) groups is 2. The Balaban J connectivity index is 1.03. The van der Waals surface area contributed by atoms with Gasteiger partial charge in [-0.15, -0.1) is 0 Å². The van der Waals surface area contributed by atoms with Crippen molar-refractivity contribution >= 4 is 23.2 Å². The van der Waals surface area contributed by atoms with Gasteiger partial charge in [0.25, 0.3) is 23.6 Å². The van der Waals surface area contributed by atoms with E-state index in [-0.39, 0.29) is 88.9 Å². The van der Waals surface area contributed by atoms with E-state index in [1.54, 1.807) is 25.1 Å². The minimum Gasteiger partial charge on any atom is -0.479 e. The summed E-state index contributed by atoms with van der Waals surface area (Å²) in [6.07, 6.45) is 4.93. The van der Waals surface area contributed by atoms with Crippen LogP contribution in [-0.4, -0.2) is 55.9 Å². The van der Waals surface area contributed by atoms with Gasteiger partial charge in [0, 0.05) is 89.5 Å². The quantitative estimate of drug-likeness (QED) is 0.115. The molecule has 3 aliphatic rings. The first-order valence-corrected chi connectivity index (χ1v) is 21.0. The molecule has 4 heterocycles. The molecule has 11 nitrogen and oxygen atoms in total. The number of aromatic nitrogens is 5. The van der Waals surface area contributed by atoms with Crippen molar-refractivity contribution in [2.45, 2.75) is 81.5 Å². The van der Waals surface area contributed by atoms with Crippen molar-refractivity contribution in [3.05, 3.63) is 131 Å². The van der Waals surface area contributed by atoms with Gasteiger partial charge in [0.2, 0.25) is 11.7 Å². The number of alkyl halides is 4. The van der Waals surface area contributed by atoms with Gasteiger partial charge in [0.1, 0.15) is 23.3 Å². The van der Waals surface area contributed by atoms with Crippen LogP contribution < -0.4 is 15.4 Å². The summed E-state index contributed by atoms with van der Waals surface area (Å²) in [5.41, 5.74) is 1.37. The third-order valence-electron chi connectivity index (χ3n) is 12.8. The molecule has 18 heteroatoms. The second-order valence-corrected chi connectivity index (χ2v) is 16.9. The van der Waals surface area contributed by atoms with Gasteiger partial charge in [-0.2, -0.15) is 0 Å². The van der Waals surface area contributed by atoms with Gasteiger partial charge < -0.3 is 19.9 Å². The normalized spacial score (nSPS) is 20.2. The van der Waals surface area contributed by atoms with Crippen LogP contribution in [-0.2, 0) is 6.42 Å². The Labute approximate surface area is 367 Å². The summed E-state index contributed by atoms with van der Waals surface area (Å²) in [5, 5.41) is 9.24. The highest BCUT2D eigenvalue weighted by Gasteiger charge is 2.71. The molecule has 3 fully saturated rings. The lowest BCUT2D eigenvalue weighted by molar-refractivity contribution is -0.0384. The molecule has 3 saturated carbocycles. The summed E-state index contributed by atoms with van der Waals surface area (Å²) >= 11 is 0. The monoisotopic (exact) mass is 899 g/mol. The predicted molar refractivity (Wildman–Crippen MR) is 222 cm³/mol. The Morgan fingerprint density at radius 3 is 2.15 bits per heavy atom. The van der Waals surface area contributed by atoms with E-state index in [1.165, 1.54) is 50.1 Å². The fraction of sp³-hybridized carbons (Fsp3) is 0.340. The van der Waals surface area contributed by atoms with Crippen molar-refractivity contribution in [3.8, 4) is 28.1 Å². The highest BCUT2D eigenvalue weighted by Crippen LogP contribution is 2.68. The van der Waals surface area contributed by atoms with Crippen molar-refractivity contribution in [2.24, 2.45) is 11.8 Å². The Morgan fingerprint density at radius 1 is 0.785 bits per heavy atom. The van der Waals surface area contributed by atoms with Crippen molar-refractivity contribution in [1.82, 2.24) is 25.1 Å². The van der Waals surface area contributed by atoms with Gasteiger partial charge in [-0.25, -0.2) is 40.7 Å². The maximum Gasteiger partial charge on any atom is 0.294 e. The molecule has 65 heavy (non-hydrogen) atoms. The molecule has 0 bridgehead atoms. The van der Waals surface area contributed by atoms with Crippen molar-refractivity contribution in [2.75, 3.05) is 17.7 Å². The number of rotatable bonds is 12. The van der Waals surface area contributed by atoms with E-state index < -0.39 is 83.5 Å². The third-order valence-corrected chi connectivity index (χ3v) is 12.8. The van der Waals surface area contributed by atoms with E-state index in [4.69, 9.17) is 9.26 Å². The maximum absolute atomic E-state index is 15.9. The van der Waals surface area contributed by atoms with E-state index in [0.29, 0.717) is 16.8 Å². The zero-order valence-corrected chi connectivity index (χ0v) is 34.9. The number of fused-ring (bicyclic) bond motifs is 1. The molecule has 9 rings (SSSR count). The highest BCUT2D eigenvalue weighted by atomic mass is 19.3. The third kappa shape index (κ3) is 8.53. The lowest BCUT2D eigenvalue weighted by atomic mass is 9.82. The number of amides is 2. The summed E-state index contributed by atoms with van der Waals surface area (Å²) in [7, 11) is 1.32. The summed E-state index contributed by atoms with van der Waals surface area (Å²) in [5.74, 6) is -12.5. The number of ether oxygens (including phenoxy) is 1. The molecule has 2 unspecified atom stereocenters. The Morgan fingerprint density at radius 2 is 1.46 bits per heavy atom. The summed E-state index contributed by atoms with van der Waals surface area (Å²) in [4.78, 5) is 45.7. The summed E-state index contributed by atoms with van der Waals surface area (Å²) in [6.45, 7) is 1.75. The lowest BCUT2D eigenvalue weighted by Crippen LogP contribution is -2.25. The fourth-order valence-electron chi connectivity index (χ4n) is 9.28. The molecule has 0 aliphatic heterocycles. The number of methoxy groups -OCH3 is 1. The second kappa shape index (κ2) is 17.0. The van der Waals surface area contributed by atoms with E-state index in [1.807, 2.05) is 0 Å². The lowest BCUT2D eigenvalue weighted by Gasteiger charge is -2.30. The van der Waals surface area contributed by atoms with Gasteiger partial charge in [0.05, 0.1) is 41.5 Å². The molecule has 6 aromatic rings. The number of anilines is 2. The number of halogens is 7. The molecule has 2 aromatic carbocycles. The molecular formula is C47H40F7N7O4. The number of hydrogen-bond acceptors (Lipinski definition) is 9. The molecule has 4 aromatic heterocycles. The van der Waals surface area contributed by atoms with Crippen LogP contribution in [0.15, 0.2) is 83.9 Å². The first-order chi connectivity index (χ1) is 31.1. The van der Waals surface area contributed by atoms with Crippen molar-refractivity contribution in [1.29, 1.82) is 0 Å². The fourth-order valence-corrected chi connectivity index (χ4v) is 9.28. The van der Waals surface area contributed by atoms with Crippen LogP contribution in [0.1, 0.15) is 107 Å².